The van der Waals surface area contributed by atoms with Crippen LogP contribution in [0.2, 0.25) is 0 Å². The maximum Gasteiger partial charge on any atom is 0.118 e. The number of hydrogen-bond acceptors (Lipinski definition) is 3. The zero-order valence-corrected chi connectivity index (χ0v) is 12.4. The zero-order chi connectivity index (χ0) is 14.6. The van der Waals surface area contributed by atoms with Crippen LogP contribution in [0.5, 0.6) is 5.75 Å². The lowest BCUT2D eigenvalue weighted by molar-refractivity contribution is 0.413. The lowest BCUT2D eigenvalue weighted by Crippen LogP contribution is -2.35. The first-order valence-corrected chi connectivity index (χ1v) is 6.92. The minimum atomic E-state index is -0.437. The Hall–Kier alpha value is -1.87. The molecule has 0 bridgehead atoms. The molecule has 3 heteroatoms. The molecule has 1 atom stereocenters. The fourth-order valence-corrected chi connectivity index (χ4v) is 2.22. The molecule has 106 valence electrons. The minimum Gasteiger partial charge on any atom is -0.497 e. The molecular weight excluding hydrogens is 248 g/mol. The lowest BCUT2D eigenvalue weighted by Gasteiger charge is -2.25. The maximum atomic E-state index is 6.45. The van der Waals surface area contributed by atoms with Crippen LogP contribution in [0.15, 0.2) is 42.6 Å². The molecule has 1 heterocycles. The number of rotatable bonds is 5. The van der Waals surface area contributed by atoms with Gasteiger partial charge in [-0.2, -0.15) is 0 Å². The van der Waals surface area contributed by atoms with Crippen LogP contribution in [0.1, 0.15) is 30.7 Å². The molecule has 1 aromatic heterocycles. The van der Waals surface area contributed by atoms with E-state index in [1.807, 2.05) is 37.4 Å². The molecule has 1 aromatic carbocycles. The smallest absolute Gasteiger partial charge is 0.118 e. The highest BCUT2D eigenvalue weighted by molar-refractivity contribution is 5.32. The van der Waals surface area contributed by atoms with Crippen molar-refractivity contribution in [3.8, 4) is 5.75 Å². The van der Waals surface area contributed by atoms with Crippen molar-refractivity contribution in [2.75, 3.05) is 7.11 Å². The van der Waals surface area contributed by atoms with E-state index in [0.29, 0.717) is 6.42 Å². The Morgan fingerprint density at radius 3 is 2.35 bits per heavy atom. The summed E-state index contributed by atoms with van der Waals surface area (Å²) in [5, 5.41) is 0. The number of pyridine rings is 1. The van der Waals surface area contributed by atoms with E-state index >= 15 is 0 Å². The van der Waals surface area contributed by atoms with Gasteiger partial charge in [-0.3, -0.25) is 4.98 Å². The molecule has 20 heavy (non-hydrogen) atoms. The Morgan fingerprint density at radius 1 is 1.15 bits per heavy atom. The van der Waals surface area contributed by atoms with Gasteiger partial charge in [0, 0.05) is 23.9 Å². The van der Waals surface area contributed by atoms with Gasteiger partial charge in [0.1, 0.15) is 5.75 Å². The molecule has 2 rings (SSSR count). The highest BCUT2D eigenvalue weighted by atomic mass is 16.5. The standard InChI is InChI=1S/C17H22N2O/c1-4-13-5-8-15(19-12-13)11-17(2,18)14-6-9-16(20-3)10-7-14/h5-10,12H,4,11,18H2,1-3H3. The first kappa shape index (κ1) is 14.5. The van der Waals surface area contributed by atoms with Crippen LogP contribution < -0.4 is 10.5 Å². The van der Waals surface area contributed by atoms with Crippen molar-refractivity contribution in [3.63, 3.8) is 0 Å². The van der Waals surface area contributed by atoms with E-state index in [2.05, 4.69) is 24.0 Å². The molecular formula is C17H22N2O. The second-order valence-corrected chi connectivity index (χ2v) is 5.33. The van der Waals surface area contributed by atoms with Crippen molar-refractivity contribution in [1.82, 2.24) is 4.98 Å². The second-order valence-electron chi connectivity index (χ2n) is 5.33. The predicted molar refractivity (Wildman–Crippen MR) is 81.9 cm³/mol. The number of aryl methyl sites for hydroxylation is 1. The number of benzene rings is 1. The number of ether oxygens (including phenoxy) is 1. The predicted octanol–water partition coefficient (Wildman–Crippen LogP) is 3.07. The third-order valence-corrected chi connectivity index (χ3v) is 3.59. The van der Waals surface area contributed by atoms with Gasteiger partial charge in [0.15, 0.2) is 0 Å². The summed E-state index contributed by atoms with van der Waals surface area (Å²) < 4.78 is 5.17. The largest absolute Gasteiger partial charge is 0.497 e. The van der Waals surface area contributed by atoms with Gasteiger partial charge in [0.2, 0.25) is 0 Å². The van der Waals surface area contributed by atoms with Gasteiger partial charge in [-0.25, -0.2) is 0 Å². The van der Waals surface area contributed by atoms with E-state index in [-0.39, 0.29) is 0 Å². The highest BCUT2D eigenvalue weighted by Crippen LogP contribution is 2.24. The van der Waals surface area contributed by atoms with Crippen LogP contribution in [0.4, 0.5) is 0 Å². The van der Waals surface area contributed by atoms with Crippen LogP contribution in [-0.2, 0) is 18.4 Å². The molecule has 0 radical (unpaired) electrons. The van der Waals surface area contributed by atoms with Crippen molar-refractivity contribution in [3.05, 3.63) is 59.4 Å². The summed E-state index contributed by atoms with van der Waals surface area (Å²) in [7, 11) is 1.66. The van der Waals surface area contributed by atoms with Crippen molar-refractivity contribution < 1.29 is 4.74 Å². The van der Waals surface area contributed by atoms with Gasteiger partial charge >= 0.3 is 0 Å². The number of methoxy groups -OCH3 is 1. The van der Waals surface area contributed by atoms with Crippen LogP contribution in [0.3, 0.4) is 0 Å². The highest BCUT2D eigenvalue weighted by Gasteiger charge is 2.22. The normalized spacial score (nSPS) is 13.8. The fraction of sp³-hybridized carbons (Fsp3) is 0.353. The molecule has 0 amide bonds. The molecule has 3 nitrogen and oxygen atoms in total. The van der Waals surface area contributed by atoms with Gasteiger partial charge in [-0.1, -0.05) is 25.1 Å². The summed E-state index contributed by atoms with van der Waals surface area (Å²) in [6.07, 6.45) is 3.65. The van der Waals surface area contributed by atoms with E-state index < -0.39 is 5.54 Å². The van der Waals surface area contributed by atoms with Crippen LogP contribution >= 0.6 is 0 Å². The topological polar surface area (TPSA) is 48.1 Å². The summed E-state index contributed by atoms with van der Waals surface area (Å²) >= 11 is 0. The summed E-state index contributed by atoms with van der Waals surface area (Å²) in [5.41, 5.74) is 9.36. The summed E-state index contributed by atoms with van der Waals surface area (Å²) in [5.74, 6) is 0.843. The van der Waals surface area contributed by atoms with Crippen LogP contribution in [-0.4, -0.2) is 12.1 Å². The molecule has 0 fully saturated rings. The average molecular weight is 270 g/mol. The van der Waals surface area contributed by atoms with E-state index in [0.717, 1.165) is 23.4 Å². The van der Waals surface area contributed by atoms with Crippen molar-refractivity contribution in [1.29, 1.82) is 0 Å². The molecule has 2 N–H and O–H groups in total. The molecule has 0 spiro atoms. The quantitative estimate of drug-likeness (QED) is 0.908. The first-order valence-electron chi connectivity index (χ1n) is 6.92. The van der Waals surface area contributed by atoms with E-state index in [1.165, 1.54) is 5.56 Å². The van der Waals surface area contributed by atoms with Gasteiger partial charge in [0.25, 0.3) is 0 Å². The molecule has 0 saturated carbocycles. The van der Waals surface area contributed by atoms with Gasteiger partial charge in [0.05, 0.1) is 7.11 Å². The van der Waals surface area contributed by atoms with Crippen LogP contribution in [0, 0.1) is 0 Å². The molecule has 0 aliphatic rings. The van der Waals surface area contributed by atoms with Gasteiger partial charge in [-0.15, -0.1) is 0 Å². The Balaban J connectivity index is 2.15. The van der Waals surface area contributed by atoms with Crippen molar-refractivity contribution in [2.45, 2.75) is 32.2 Å². The molecule has 0 aliphatic carbocycles. The summed E-state index contributed by atoms with van der Waals surface area (Å²) in [4.78, 5) is 4.49. The van der Waals surface area contributed by atoms with Crippen molar-refractivity contribution >= 4 is 0 Å². The van der Waals surface area contributed by atoms with E-state index in [1.54, 1.807) is 7.11 Å². The number of aromatic nitrogens is 1. The van der Waals surface area contributed by atoms with Crippen LogP contribution in [0.25, 0.3) is 0 Å². The molecule has 1 unspecified atom stereocenters. The van der Waals surface area contributed by atoms with Gasteiger partial charge in [-0.05, 0) is 42.7 Å². The fourth-order valence-electron chi connectivity index (χ4n) is 2.22. The number of hydrogen-bond donors (Lipinski definition) is 1. The first-order chi connectivity index (χ1) is 9.55. The third kappa shape index (κ3) is 3.36. The monoisotopic (exact) mass is 270 g/mol. The third-order valence-electron chi connectivity index (χ3n) is 3.59. The lowest BCUT2D eigenvalue weighted by atomic mass is 9.88. The Kier molecular flexibility index (Phi) is 4.40. The number of nitrogens with zero attached hydrogens (tertiary/aromatic N) is 1. The summed E-state index contributed by atoms with van der Waals surface area (Å²) in [6.45, 7) is 4.16. The van der Waals surface area contributed by atoms with E-state index in [9.17, 15) is 0 Å². The minimum absolute atomic E-state index is 0.437. The summed E-state index contributed by atoms with van der Waals surface area (Å²) in [6, 6.07) is 12.1. The second kappa shape index (κ2) is 6.06. The van der Waals surface area contributed by atoms with Crippen molar-refractivity contribution in [2.24, 2.45) is 5.73 Å². The SMILES string of the molecule is CCc1ccc(CC(C)(N)c2ccc(OC)cc2)nc1. The molecule has 0 saturated heterocycles. The average Bonchev–Trinajstić information content (AvgIpc) is 2.48. The Labute approximate surface area is 120 Å². The zero-order valence-electron chi connectivity index (χ0n) is 12.4. The van der Waals surface area contributed by atoms with E-state index in [4.69, 9.17) is 10.5 Å². The molecule has 0 aliphatic heterocycles. The Bertz CT molecular complexity index is 544. The maximum absolute atomic E-state index is 6.45. The Morgan fingerprint density at radius 2 is 1.85 bits per heavy atom. The molecule has 2 aromatic rings. The number of nitrogens with two attached hydrogens (primary N) is 1. The van der Waals surface area contributed by atoms with Gasteiger partial charge < -0.3 is 10.5 Å².